The van der Waals surface area contributed by atoms with Gasteiger partial charge in [-0.1, -0.05) is 90.9 Å². The van der Waals surface area contributed by atoms with Crippen LogP contribution in [-0.2, 0) is 41.3 Å². The van der Waals surface area contributed by atoms with Crippen molar-refractivity contribution >= 4 is 52.7 Å². The first-order chi connectivity index (χ1) is 27.8. The second-order valence-electron chi connectivity index (χ2n) is 16.5. The number of carbonyl (C=O) groups is 5. The van der Waals surface area contributed by atoms with E-state index in [1.807, 2.05) is 19.1 Å². The molecule has 1 aliphatic heterocycles. The molecule has 4 rings (SSSR count). The maximum Gasteiger partial charge on any atom is 0.330 e. The SMILES string of the molecule is CCSC(C)(C)C(=O)C(C(=O)Nc1cc(NC(=O)CCCOc2ccc(C(C)(C)CC)cc2C(C)(C)CC)ccc1OC)N1C(=O)C(OC)N(Cc2ccccc2)C1=O. The molecule has 3 aromatic rings. The van der Waals surface area contributed by atoms with Crippen LogP contribution in [-0.4, -0.2) is 82.9 Å². The highest BCUT2D eigenvalue weighted by molar-refractivity contribution is 8.01. The van der Waals surface area contributed by atoms with Crippen LogP contribution in [0.1, 0.15) is 105 Å². The van der Waals surface area contributed by atoms with Gasteiger partial charge in [0.25, 0.3) is 11.8 Å². The van der Waals surface area contributed by atoms with Gasteiger partial charge in [-0.25, -0.2) is 9.69 Å². The lowest BCUT2D eigenvalue weighted by Gasteiger charge is -2.31. The second-order valence-corrected chi connectivity index (χ2v) is 18.4. The van der Waals surface area contributed by atoms with Gasteiger partial charge in [0.1, 0.15) is 11.5 Å². The molecule has 2 unspecified atom stereocenters. The predicted octanol–water partition coefficient (Wildman–Crippen LogP) is 8.71. The molecule has 0 bridgehead atoms. The maximum atomic E-state index is 14.3. The minimum atomic E-state index is -1.84. The molecule has 1 fully saturated rings. The summed E-state index contributed by atoms with van der Waals surface area (Å²) in [6, 6.07) is 17.5. The number of carbonyl (C=O) groups excluding carboxylic acids is 5. The van der Waals surface area contributed by atoms with Crippen molar-refractivity contribution in [3.63, 3.8) is 0 Å². The van der Waals surface area contributed by atoms with Crippen molar-refractivity contribution in [3.8, 4) is 11.5 Å². The summed E-state index contributed by atoms with van der Waals surface area (Å²) in [5, 5.41) is 5.60. The van der Waals surface area contributed by atoms with Crippen LogP contribution in [0.3, 0.4) is 0 Å². The van der Waals surface area contributed by atoms with Gasteiger partial charge in [0, 0.05) is 24.8 Å². The number of benzene rings is 3. The summed E-state index contributed by atoms with van der Waals surface area (Å²) in [5.41, 5.74) is 3.57. The van der Waals surface area contributed by atoms with Crippen molar-refractivity contribution in [2.24, 2.45) is 0 Å². The average Bonchev–Trinajstić information content (AvgIpc) is 3.43. The number of ether oxygens (including phenoxy) is 3. The van der Waals surface area contributed by atoms with Gasteiger partial charge < -0.3 is 24.8 Å². The molecule has 320 valence electrons. The first-order valence-electron chi connectivity index (χ1n) is 20.3. The lowest BCUT2D eigenvalue weighted by molar-refractivity contribution is -0.147. The fourth-order valence-corrected chi connectivity index (χ4v) is 7.80. The fraction of sp³-hybridized carbons (Fsp3) is 0.500. The third kappa shape index (κ3) is 11.0. The molecule has 0 radical (unpaired) electrons. The van der Waals surface area contributed by atoms with Crippen molar-refractivity contribution in [1.82, 2.24) is 9.80 Å². The van der Waals surface area contributed by atoms with Gasteiger partial charge in [0.2, 0.25) is 12.1 Å². The topological polar surface area (TPSA) is 144 Å². The number of rotatable bonds is 21. The Hall–Kier alpha value is -4.88. The molecule has 1 aliphatic rings. The molecular formula is C46H62N4O8S. The lowest BCUT2D eigenvalue weighted by Crippen LogP contribution is -2.57. The number of Topliss-reactive ketones (excluding diaryl/α,β-unsaturated/α-hetero) is 1. The summed E-state index contributed by atoms with van der Waals surface area (Å²) < 4.78 is 16.1. The van der Waals surface area contributed by atoms with Gasteiger partial charge in [-0.15, -0.1) is 11.8 Å². The van der Waals surface area contributed by atoms with Crippen LogP contribution in [0, 0.1) is 0 Å². The van der Waals surface area contributed by atoms with Crippen LogP contribution in [0.2, 0.25) is 0 Å². The average molecular weight is 831 g/mol. The number of ketones is 1. The maximum absolute atomic E-state index is 14.3. The van der Waals surface area contributed by atoms with E-state index in [9.17, 15) is 24.0 Å². The molecule has 12 nitrogen and oxygen atoms in total. The Bertz CT molecular complexity index is 1980. The lowest BCUT2D eigenvalue weighted by atomic mass is 9.76. The number of urea groups is 1. The van der Waals surface area contributed by atoms with Crippen LogP contribution in [0.15, 0.2) is 66.7 Å². The first-order valence-corrected chi connectivity index (χ1v) is 21.3. The molecule has 5 amide bonds. The van der Waals surface area contributed by atoms with Gasteiger partial charge in [-0.05, 0) is 85.1 Å². The number of anilines is 2. The smallest absolute Gasteiger partial charge is 0.330 e. The molecule has 0 aliphatic carbocycles. The van der Waals surface area contributed by atoms with E-state index in [0.29, 0.717) is 29.4 Å². The Morgan fingerprint density at radius 3 is 2.10 bits per heavy atom. The van der Waals surface area contributed by atoms with Crippen molar-refractivity contribution < 1.29 is 38.2 Å². The number of methoxy groups -OCH3 is 2. The minimum Gasteiger partial charge on any atom is -0.495 e. The molecule has 0 aromatic heterocycles. The van der Waals surface area contributed by atoms with Gasteiger partial charge in [0.05, 0.1) is 30.7 Å². The Balaban J connectivity index is 1.52. The summed E-state index contributed by atoms with van der Waals surface area (Å²) in [5.74, 6) is -1.08. The summed E-state index contributed by atoms with van der Waals surface area (Å²) in [6.07, 6.45) is 1.22. The van der Waals surface area contributed by atoms with E-state index < -0.39 is 40.6 Å². The fourth-order valence-electron chi connectivity index (χ4n) is 6.82. The standard InChI is InChI=1S/C46H62N4O8S/c1-12-44(4,5)31-22-24-35(33(27-31)45(6,7)13-2)58-26-18-21-37(51)47-32-23-25-36(56-10)34(28-32)48-40(53)38(39(52)46(8,9)59-14-3)50-41(54)42(57-11)49(43(50)55)29-30-19-16-15-17-20-30/h15-17,19-20,22-25,27-28,38,42H,12-14,18,21,26,29H2,1-11H3,(H,47,51)(H,48,53). The molecular weight excluding hydrogens is 769 g/mol. The summed E-state index contributed by atoms with van der Waals surface area (Å²) in [7, 11) is 2.70. The molecule has 1 heterocycles. The quantitative estimate of drug-likeness (QED) is 0.0612. The van der Waals surface area contributed by atoms with E-state index >= 15 is 0 Å². The summed E-state index contributed by atoms with van der Waals surface area (Å²) >= 11 is 1.29. The second kappa shape index (κ2) is 19.9. The minimum absolute atomic E-state index is 0.0143. The van der Waals surface area contributed by atoms with Crippen molar-refractivity contribution in [2.75, 3.05) is 37.2 Å². The Kier molecular flexibility index (Phi) is 15.8. The molecule has 2 atom stereocenters. The Labute approximate surface area is 354 Å². The first kappa shape index (κ1) is 46.8. The van der Waals surface area contributed by atoms with Crippen LogP contribution < -0.4 is 20.1 Å². The zero-order valence-electron chi connectivity index (χ0n) is 36.5. The molecule has 0 spiro atoms. The van der Waals surface area contributed by atoms with Crippen molar-refractivity contribution in [1.29, 1.82) is 0 Å². The Morgan fingerprint density at radius 1 is 0.831 bits per heavy atom. The molecule has 2 N–H and O–H groups in total. The number of amides is 5. The van der Waals surface area contributed by atoms with Gasteiger partial charge >= 0.3 is 6.03 Å². The van der Waals surface area contributed by atoms with Crippen LogP contribution in [0.5, 0.6) is 11.5 Å². The normalized spacial score (nSPS) is 15.3. The molecule has 59 heavy (non-hydrogen) atoms. The molecule has 3 aromatic carbocycles. The van der Waals surface area contributed by atoms with Gasteiger partial charge in [0.15, 0.2) is 11.8 Å². The van der Waals surface area contributed by atoms with E-state index in [1.54, 1.807) is 50.2 Å². The monoisotopic (exact) mass is 830 g/mol. The Morgan fingerprint density at radius 2 is 1.49 bits per heavy atom. The summed E-state index contributed by atoms with van der Waals surface area (Å²) in [4.78, 5) is 71.6. The van der Waals surface area contributed by atoms with Gasteiger partial charge in [-0.2, -0.15) is 0 Å². The van der Waals surface area contributed by atoms with E-state index in [4.69, 9.17) is 14.2 Å². The summed E-state index contributed by atoms with van der Waals surface area (Å²) in [6.45, 7) is 18.8. The van der Waals surface area contributed by atoms with E-state index in [1.165, 1.54) is 42.5 Å². The van der Waals surface area contributed by atoms with Crippen molar-refractivity contribution in [2.45, 2.75) is 122 Å². The van der Waals surface area contributed by atoms with E-state index in [-0.39, 0.29) is 41.1 Å². The van der Waals surface area contributed by atoms with E-state index in [2.05, 4.69) is 64.3 Å². The molecule has 1 saturated heterocycles. The van der Waals surface area contributed by atoms with Gasteiger partial charge in [-0.3, -0.25) is 24.1 Å². The number of hydrogen-bond acceptors (Lipinski definition) is 9. The van der Waals surface area contributed by atoms with Crippen molar-refractivity contribution in [3.05, 3.63) is 83.4 Å². The third-order valence-electron chi connectivity index (χ3n) is 11.3. The highest BCUT2D eigenvalue weighted by Gasteiger charge is 2.54. The third-order valence-corrected chi connectivity index (χ3v) is 12.5. The largest absolute Gasteiger partial charge is 0.495 e. The van der Waals surface area contributed by atoms with Crippen LogP contribution >= 0.6 is 11.8 Å². The molecule has 13 heteroatoms. The highest BCUT2D eigenvalue weighted by atomic mass is 32.2. The van der Waals surface area contributed by atoms with Crippen LogP contribution in [0.25, 0.3) is 0 Å². The number of hydrogen-bond donors (Lipinski definition) is 2. The van der Waals surface area contributed by atoms with E-state index in [0.717, 1.165) is 29.7 Å². The predicted molar refractivity (Wildman–Crippen MR) is 234 cm³/mol. The zero-order valence-corrected chi connectivity index (χ0v) is 37.3. The number of nitrogens with zero attached hydrogens (tertiary/aromatic N) is 2. The zero-order chi connectivity index (χ0) is 43.7. The van der Waals surface area contributed by atoms with Crippen LogP contribution in [0.4, 0.5) is 16.2 Å². The number of thioether (sulfide) groups is 1. The molecule has 0 saturated carbocycles. The number of nitrogens with one attached hydrogen (secondary N) is 2. The highest BCUT2D eigenvalue weighted by Crippen LogP contribution is 2.39. The number of imide groups is 1.